The van der Waals surface area contributed by atoms with Gasteiger partial charge in [-0.3, -0.25) is 14.3 Å². The first-order valence-electron chi connectivity index (χ1n) is 7.44. The highest BCUT2D eigenvalue weighted by molar-refractivity contribution is 7.92. The average Bonchev–Trinajstić information content (AvgIpc) is 2.56. The van der Waals surface area contributed by atoms with Crippen LogP contribution >= 0.6 is 11.6 Å². The first-order valence-corrected chi connectivity index (χ1v) is 9.71. The van der Waals surface area contributed by atoms with Crippen molar-refractivity contribution in [3.05, 3.63) is 69.5 Å². The summed E-state index contributed by atoms with van der Waals surface area (Å²) in [4.78, 5) is 27.6. The molecule has 0 aliphatic carbocycles. The predicted octanol–water partition coefficient (Wildman–Crippen LogP) is 2.81. The SMILES string of the molecule is CS(=O)(=O)Nc1cccc2c(=O)cc(C(=O)Nc3ccccc3Cl)[nH]c12. The number of halogens is 1. The van der Waals surface area contributed by atoms with Crippen molar-refractivity contribution in [1.82, 2.24) is 4.98 Å². The van der Waals surface area contributed by atoms with Crippen LogP contribution in [0.5, 0.6) is 0 Å². The van der Waals surface area contributed by atoms with E-state index in [1.165, 1.54) is 12.1 Å². The molecule has 3 aromatic rings. The van der Waals surface area contributed by atoms with Crippen LogP contribution in [0.2, 0.25) is 5.02 Å². The minimum atomic E-state index is -3.56. The Morgan fingerprint density at radius 2 is 1.77 bits per heavy atom. The lowest BCUT2D eigenvalue weighted by Crippen LogP contribution is -2.18. The summed E-state index contributed by atoms with van der Waals surface area (Å²) in [6.45, 7) is 0. The summed E-state index contributed by atoms with van der Waals surface area (Å²) in [6, 6.07) is 12.4. The normalized spacial score (nSPS) is 11.3. The van der Waals surface area contributed by atoms with Gasteiger partial charge in [0.15, 0.2) is 5.43 Å². The number of hydrogen-bond donors (Lipinski definition) is 3. The topological polar surface area (TPSA) is 108 Å². The van der Waals surface area contributed by atoms with E-state index in [-0.39, 0.29) is 22.3 Å². The fourth-order valence-electron chi connectivity index (χ4n) is 2.43. The van der Waals surface area contributed by atoms with Gasteiger partial charge in [0, 0.05) is 11.5 Å². The van der Waals surface area contributed by atoms with Gasteiger partial charge in [0.25, 0.3) is 5.91 Å². The quantitative estimate of drug-likeness (QED) is 0.635. The summed E-state index contributed by atoms with van der Waals surface area (Å²) in [5, 5.41) is 3.21. The number of anilines is 2. The van der Waals surface area contributed by atoms with Crippen LogP contribution in [0, 0.1) is 0 Å². The summed E-state index contributed by atoms with van der Waals surface area (Å²) in [5.41, 5.74) is 0.345. The number of rotatable bonds is 4. The maximum absolute atomic E-state index is 12.5. The Bertz CT molecular complexity index is 1170. The lowest BCUT2D eigenvalue weighted by atomic mass is 10.1. The number of amides is 1. The van der Waals surface area contributed by atoms with Gasteiger partial charge >= 0.3 is 0 Å². The van der Waals surface area contributed by atoms with E-state index >= 15 is 0 Å². The number of sulfonamides is 1. The lowest BCUT2D eigenvalue weighted by Gasteiger charge is -2.11. The number of nitrogens with one attached hydrogen (secondary N) is 3. The second kappa shape index (κ2) is 6.81. The zero-order chi connectivity index (χ0) is 18.9. The Labute approximate surface area is 154 Å². The fraction of sp³-hybridized carbons (Fsp3) is 0.0588. The molecule has 1 amide bonds. The van der Waals surface area contributed by atoms with Crippen LogP contribution in [-0.2, 0) is 10.0 Å². The summed E-state index contributed by atoms with van der Waals surface area (Å²) in [5.74, 6) is -0.578. The van der Waals surface area contributed by atoms with E-state index < -0.39 is 21.4 Å². The van der Waals surface area contributed by atoms with Gasteiger partial charge in [-0.15, -0.1) is 0 Å². The van der Waals surface area contributed by atoms with Crippen molar-refractivity contribution in [2.75, 3.05) is 16.3 Å². The number of H-pyrrole nitrogens is 1. The molecule has 0 unspecified atom stereocenters. The van der Waals surface area contributed by atoms with Crippen LogP contribution in [0.15, 0.2) is 53.3 Å². The number of aromatic amines is 1. The number of aromatic nitrogens is 1. The van der Waals surface area contributed by atoms with E-state index in [9.17, 15) is 18.0 Å². The maximum Gasteiger partial charge on any atom is 0.272 e. The molecule has 2 aromatic carbocycles. The molecule has 0 aliphatic heterocycles. The van der Waals surface area contributed by atoms with Crippen molar-refractivity contribution in [2.45, 2.75) is 0 Å². The van der Waals surface area contributed by atoms with Crippen LogP contribution in [-0.4, -0.2) is 25.6 Å². The van der Waals surface area contributed by atoms with Crippen molar-refractivity contribution < 1.29 is 13.2 Å². The zero-order valence-corrected chi connectivity index (χ0v) is 15.1. The molecular weight excluding hydrogens is 378 g/mol. The van der Waals surface area contributed by atoms with Gasteiger partial charge in [-0.1, -0.05) is 29.8 Å². The van der Waals surface area contributed by atoms with Crippen molar-refractivity contribution in [3.63, 3.8) is 0 Å². The molecule has 0 spiro atoms. The van der Waals surface area contributed by atoms with Gasteiger partial charge in [0.2, 0.25) is 10.0 Å². The van der Waals surface area contributed by atoms with Crippen LogP contribution in [0.1, 0.15) is 10.5 Å². The highest BCUT2D eigenvalue weighted by Gasteiger charge is 2.14. The minimum Gasteiger partial charge on any atom is -0.349 e. The van der Waals surface area contributed by atoms with Crippen LogP contribution in [0.4, 0.5) is 11.4 Å². The Kier molecular flexibility index (Phi) is 4.71. The van der Waals surface area contributed by atoms with Crippen molar-refractivity contribution in [1.29, 1.82) is 0 Å². The first-order chi connectivity index (χ1) is 12.2. The number of pyridine rings is 1. The third-order valence-corrected chi connectivity index (χ3v) is 4.45. The van der Waals surface area contributed by atoms with Crippen LogP contribution in [0.25, 0.3) is 10.9 Å². The van der Waals surface area contributed by atoms with Gasteiger partial charge in [0.1, 0.15) is 5.69 Å². The number of benzene rings is 2. The second-order valence-electron chi connectivity index (χ2n) is 5.58. The fourth-order valence-corrected chi connectivity index (χ4v) is 3.18. The molecular formula is C17H14ClN3O4S. The predicted molar refractivity (Wildman–Crippen MR) is 102 cm³/mol. The minimum absolute atomic E-state index is 0.0230. The third kappa shape index (κ3) is 3.87. The van der Waals surface area contributed by atoms with E-state index in [0.717, 1.165) is 12.3 Å². The molecule has 0 saturated heterocycles. The van der Waals surface area contributed by atoms with Gasteiger partial charge in [-0.05, 0) is 24.3 Å². The Morgan fingerprint density at radius 1 is 1.08 bits per heavy atom. The van der Waals surface area contributed by atoms with Crippen molar-refractivity contribution >= 4 is 49.8 Å². The molecule has 1 aromatic heterocycles. The molecule has 3 rings (SSSR count). The Hall–Kier alpha value is -2.84. The molecule has 0 aliphatic rings. The van der Waals surface area contributed by atoms with E-state index in [1.807, 2.05) is 0 Å². The Morgan fingerprint density at radius 3 is 2.46 bits per heavy atom. The standard InChI is InChI=1S/C17H14ClN3O4S/c1-26(24,25)21-13-8-4-5-10-15(22)9-14(19-16(10)13)17(23)20-12-7-3-2-6-11(12)18/h2-9,21H,1H3,(H,19,22)(H,20,23). The summed E-state index contributed by atoms with van der Waals surface area (Å²) in [6.07, 6.45) is 0.998. The summed E-state index contributed by atoms with van der Waals surface area (Å²) < 4.78 is 25.4. The zero-order valence-electron chi connectivity index (χ0n) is 13.5. The molecule has 0 atom stereocenters. The monoisotopic (exact) mass is 391 g/mol. The van der Waals surface area contributed by atoms with E-state index in [4.69, 9.17) is 11.6 Å². The second-order valence-corrected chi connectivity index (χ2v) is 7.74. The van der Waals surface area contributed by atoms with Crippen molar-refractivity contribution in [2.24, 2.45) is 0 Å². The highest BCUT2D eigenvalue weighted by atomic mass is 35.5. The van der Waals surface area contributed by atoms with Crippen LogP contribution in [0.3, 0.4) is 0 Å². The number of hydrogen-bond acceptors (Lipinski definition) is 4. The van der Waals surface area contributed by atoms with Gasteiger partial charge in [0.05, 0.1) is 28.2 Å². The molecule has 0 bridgehead atoms. The molecule has 1 heterocycles. The molecule has 134 valence electrons. The molecule has 9 heteroatoms. The van der Waals surface area contributed by atoms with Crippen LogP contribution < -0.4 is 15.5 Å². The average molecular weight is 392 g/mol. The summed E-state index contributed by atoms with van der Waals surface area (Å²) in [7, 11) is -3.56. The summed E-state index contributed by atoms with van der Waals surface area (Å²) >= 11 is 6.02. The highest BCUT2D eigenvalue weighted by Crippen LogP contribution is 2.23. The van der Waals surface area contributed by atoms with E-state index in [1.54, 1.807) is 30.3 Å². The number of carbonyl (C=O) groups is 1. The third-order valence-electron chi connectivity index (χ3n) is 3.53. The number of fused-ring (bicyclic) bond motifs is 1. The number of para-hydroxylation sites is 2. The molecule has 0 saturated carbocycles. The van der Waals surface area contributed by atoms with E-state index in [2.05, 4.69) is 15.0 Å². The largest absolute Gasteiger partial charge is 0.349 e. The molecule has 0 fully saturated rings. The lowest BCUT2D eigenvalue weighted by molar-refractivity contribution is 0.102. The van der Waals surface area contributed by atoms with Crippen molar-refractivity contribution in [3.8, 4) is 0 Å². The maximum atomic E-state index is 12.5. The Balaban J connectivity index is 2.07. The first kappa shape index (κ1) is 18.0. The van der Waals surface area contributed by atoms with Gasteiger partial charge in [-0.25, -0.2) is 8.42 Å². The van der Waals surface area contributed by atoms with E-state index in [0.29, 0.717) is 10.7 Å². The molecule has 26 heavy (non-hydrogen) atoms. The molecule has 3 N–H and O–H groups in total. The molecule has 7 nitrogen and oxygen atoms in total. The van der Waals surface area contributed by atoms with Gasteiger partial charge < -0.3 is 10.3 Å². The molecule has 0 radical (unpaired) electrons. The van der Waals surface area contributed by atoms with Gasteiger partial charge in [-0.2, -0.15) is 0 Å². The number of carbonyl (C=O) groups excluding carboxylic acids is 1. The smallest absolute Gasteiger partial charge is 0.272 e.